The molecule has 1 saturated heterocycles. The maximum absolute atomic E-state index is 11.9. The van der Waals surface area contributed by atoms with Crippen LogP contribution in [-0.4, -0.2) is 49.0 Å². The molecule has 0 aliphatic carbocycles. The minimum atomic E-state index is 0. The van der Waals surface area contributed by atoms with Gasteiger partial charge in [-0.3, -0.25) is 9.79 Å². The van der Waals surface area contributed by atoms with Crippen molar-refractivity contribution in [2.75, 3.05) is 26.2 Å². The fraction of sp³-hybridized carbons (Fsp3) is 0.619. The summed E-state index contributed by atoms with van der Waals surface area (Å²) in [6, 6.07) is 10.9. The number of halogens is 1. The van der Waals surface area contributed by atoms with E-state index in [4.69, 9.17) is 0 Å². The highest BCUT2D eigenvalue weighted by molar-refractivity contribution is 14.0. The van der Waals surface area contributed by atoms with Crippen LogP contribution in [0.2, 0.25) is 0 Å². The van der Waals surface area contributed by atoms with E-state index >= 15 is 0 Å². The molecule has 0 aromatic heterocycles. The molecule has 0 bridgehead atoms. The van der Waals surface area contributed by atoms with E-state index < -0.39 is 0 Å². The van der Waals surface area contributed by atoms with Crippen molar-refractivity contribution in [3.8, 4) is 0 Å². The summed E-state index contributed by atoms with van der Waals surface area (Å²) in [5, 5.41) is 6.38. The van der Waals surface area contributed by atoms with Gasteiger partial charge >= 0.3 is 0 Å². The van der Waals surface area contributed by atoms with Gasteiger partial charge in [0.1, 0.15) is 0 Å². The topological polar surface area (TPSA) is 56.7 Å². The molecule has 1 aromatic carbocycles. The maximum atomic E-state index is 11.9. The normalized spacial score (nSPS) is 18.0. The molecule has 6 heteroatoms. The van der Waals surface area contributed by atoms with Gasteiger partial charge in [0.2, 0.25) is 5.91 Å². The van der Waals surface area contributed by atoms with Crippen molar-refractivity contribution in [3.63, 3.8) is 0 Å². The molecule has 152 valence electrons. The molecule has 1 amide bonds. The van der Waals surface area contributed by atoms with Crippen molar-refractivity contribution in [3.05, 3.63) is 35.9 Å². The first-order valence-corrected chi connectivity index (χ1v) is 9.98. The van der Waals surface area contributed by atoms with Crippen LogP contribution in [0, 0.1) is 5.92 Å². The summed E-state index contributed by atoms with van der Waals surface area (Å²) in [6.07, 6.45) is 3.70. The Labute approximate surface area is 181 Å². The largest absolute Gasteiger partial charge is 0.357 e. The van der Waals surface area contributed by atoms with E-state index in [9.17, 15) is 4.79 Å². The number of benzene rings is 1. The van der Waals surface area contributed by atoms with E-state index in [1.807, 2.05) is 6.92 Å². The van der Waals surface area contributed by atoms with E-state index in [0.29, 0.717) is 18.9 Å². The van der Waals surface area contributed by atoms with Gasteiger partial charge < -0.3 is 15.5 Å². The first kappa shape index (κ1) is 23.7. The minimum Gasteiger partial charge on any atom is -0.357 e. The number of hydrogen-bond donors (Lipinski definition) is 2. The van der Waals surface area contributed by atoms with Crippen LogP contribution in [-0.2, 0) is 11.2 Å². The van der Waals surface area contributed by atoms with Crippen molar-refractivity contribution in [2.24, 2.45) is 10.9 Å². The van der Waals surface area contributed by atoms with E-state index in [1.165, 1.54) is 12.0 Å². The Morgan fingerprint density at radius 3 is 2.70 bits per heavy atom. The summed E-state index contributed by atoms with van der Waals surface area (Å²) in [5.41, 5.74) is 1.41. The lowest BCUT2D eigenvalue weighted by molar-refractivity contribution is -0.121. The predicted molar refractivity (Wildman–Crippen MR) is 124 cm³/mol. The summed E-state index contributed by atoms with van der Waals surface area (Å²) in [5.74, 6) is 1.69. The first-order valence-electron chi connectivity index (χ1n) is 9.98. The van der Waals surface area contributed by atoms with Gasteiger partial charge in [-0.15, -0.1) is 24.0 Å². The maximum Gasteiger partial charge on any atom is 0.222 e. The zero-order chi connectivity index (χ0) is 18.8. The van der Waals surface area contributed by atoms with E-state index in [-0.39, 0.29) is 35.9 Å². The second-order valence-corrected chi connectivity index (χ2v) is 7.15. The molecule has 1 aliphatic rings. The third-order valence-corrected chi connectivity index (χ3v) is 4.91. The number of nitrogens with one attached hydrogen (secondary N) is 2. The number of nitrogens with zero attached hydrogens (tertiary/aromatic N) is 2. The van der Waals surface area contributed by atoms with Crippen LogP contribution in [0.3, 0.4) is 0 Å². The van der Waals surface area contributed by atoms with Crippen LogP contribution < -0.4 is 10.6 Å². The molecule has 2 atom stereocenters. The first-order chi connectivity index (χ1) is 12.6. The summed E-state index contributed by atoms with van der Waals surface area (Å²) >= 11 is 0. The van der Waals surface area contributed by atoms with Gasteiger partial charge in [-0.1, -0.05) is 37.3 Å². The van der Waals surface area contributed by atoms with Gasteiger partial charge in [-0.2, -0.15) is 0 Å². The van der Waals surface area contributed by atoms with Crippen LogP contribution in [0.5, 0.6) is 0 Å². The molecular weight excluding hydrogens is 451 g/mol. The van der Waals surface area contributed by atoms with E-state index in [2.05, 4.69) is 64.7 Å². The van der Waals surface area contributed by atoms with Crippen LogP contribution in [0.25, 0.3) is 0 Å². The number of rotatable bonds is 8. The van der Waals surface area contributed by atoms with E-state index in [0.717, 1.165) is 38.4 Å². The molecule has 0 spiro atoms. The van der Waals surface area contributed by atoms with Crippen LogP contribution >= 0.6 is 24.0 Å². The summed E-state index contributed by atoms with van der Waals surface area (Å²) in [7, 11) is 0. The lowest BCUT2D eigenvalue weighted by Crippen LogP contribution is -2.40. The van der Waals surface area contributed by atoms with Crippen LogP contribution in [0.15, 0.2) is 35.3 Å². The minimum absolute atomic E-state index is 0. The Bertz CT molecular complexity index is 579. The number of guanidine groups is 1. The Kier molecular flexibility index (Phi) is 11.4. The van der Waals surface area contributed by atoms with Gasteiger partial charge in [0.05, 0.1) is 6.54 Å². The monoisotopic (exact) mass is 486 g/mol. The fourth-order valence-electron chi connectivity index (χ4n) is 3.28. The van der Waals surface area contributed by atoms with Gasteiger partial charge in [0.25, 0.3) is 0 Å². The highest BCUT2D eigenvalue weighted by atomic mass is 127. The zero-order valence-corrected chi connectivity index (χ0v) is 19.2. The summed E-state index contributed by atoms with van der Waals surface area (Å²) < 4.78 is 0. The number of aliphatic imine (C=N–C) groups is 1. The molecule has 2 unspecified atom stereocenters. The molecule has 1 aliphatic heterocycles. The number of carbonyl (C=O) groups excluding carboxylic acids is 1. The van der Waals surface area contributed by atoms with Crippen molar-refractivity contribution in [1.29, 1.82) is 0 Å². The van der Waals surface area contributed by atoms with Gasteiger partial charge in [0, 0.05) is 32.1 Å². The predicted octanol–water partition coefficient (Wildman–Crippen LogP) is 3.44. The zero-order valence-electron chi connectivity index (χ0n) is 16.9. The Morgan fingerprint density at radius 1 is 1.30 bits per heavy atom. The summed E-state index contributed by atoms with van der Waals surface area (Å²) in [4.78, 5) is 18.9. The molecule has 0 saturated carbocycles. The quantitative estimate of drug-likeness (QED) is 0.336. The smallest absolute Gasteiger partial charge is 0.222 e. The molecule has 5 nitrogen and oxygen atoms in total. The summed E-state index contributed by atoms with van der Waals surface area (Å²) in [6.45, 7) is 9.63. The third kappa shape index (κ3) is 8.49. The van der Waals surface area contributed by atoms with Crippen LogP contribution in [0.4, 0.5) is 0 Å². The highest BCUT2D eigenvalue weighted by Gasteiger charge is 2.24. The Hall–Kier alpha value is -1.31. The fourth-order valence-corrected chi connectivity index (χ4v) is 3.28. The van der Waals surface area contributed by atoms with Crippen LogP contribution in [0.1, 0.15) is 45.6 Å². The lowest BCUT2D eigenvalue weighted by atomic mass is 9.99. The molecule has 1 fully saturated rings. The third-order valence-electron chi connectivity index (χ3n) is 4.91. The van der Waals surface area contributed by atoms with Gasteiger partial charge in [0.15, 0.2) is 5.96 Å². The van der Waals surface area contributed by atoms with Gasteiger partial charge in [-0.25, -0.2) is 0 Å². The molecule has 1 heterocycles. The second kappa shape index (κ2) is 13.0. The van der Waals surface area contributed by atoms with Crippen molar-refractivity contribution < 1.29 is 4.79 Å². The van der Waals surface area contributed by atoms with Crippen molar-refractivity contribution >= 4 is 35.8 Å². The molecule has 2 N–H and O–H groups in total. The lowest BCUT2D eigenvalue weighted by Gasteiger charge is -2.22. The SMILES string of the molecule is CCNC(=NCCC(=O)NC(C)CC)N1CCC(Cc2ccccc2)C1.I. The average molecular weight is 486 g/mol. The number of carbonyl (C=O) groups is 1. The number of hydrogen-bond acceptors (Lipinski definition) is 2. The molecule has 2 rings (SSSR count). The standard InChI is InChI=1S/C21H34N4O.HI/c1-4-17(3)24-20(26)11-13-23-21(22-5-2)25-14-12-19(16-25)15-18-9-7-6-8-10-18;/h6-10,17,19H,4-5,11-16H2,1-3H3,(H,22,23)(H,24,26);1H. The average Bonchev–Trinajstić information content (AvgIpc) is 3.10. The molecule has 1 aromatic rings. The van der Waals surface area contributed by atoms with E-state index in [1.54, 1.807) is 0 Å². The number of amides is 1. The molecule has 0 radical (unpaired) electrons. The Balaban J connectivity index is 0.00000364. The highest BCUT2D eigenvalue weighted by Crippen LogP contribution is 2.20. The number of likely N-dealkylation sites (tertiary alicyclic amines) is 1. The van der Waals surface area contributed by atoms with Crippen molar-refractivity contribution in [2.45, 2.75) is 52.5 Å². The molecule has 27 heavy (non-hydrogen) atoms. The van der Waals surface area contributed by atoms with Crippen molar-refractivity contribution in [1.82, 2.24) is 15.5 Å². The molecular formula is C21H35IN4O. The second-order valence-electron chi connectivity index (χ2n) is 7.15. The Morgan fingerprint density at radius 2 is 2.04 bits per heavy atom. The van der Waals surface area contributed by atoms with Gasteiger partial charge in [-0.05, 0) is 44.6 Å².